The molecule has 31 heavy (non-hydrogen) atoms. The second-order valence-electron chi connectivity index (χ2n) is 7.60. The average molecular weight is 439 g/mol. The minimum atomic E-state index is -0.928. The number of carbonyl (C=O) groups is 2. The first-order valence-electron chi connectivity index (χ1n) is 10.3. The van der Waals surface area contributed by atoms with Gasteiger partial charge < -0.3 is 5.32 Å². The van der Waals surface area contributed by atoms with Gasteiger partial charge in [0.2, 0.25) is 5.91 Å². The number of carbonyl (C=O) groups excluding carboxylic acids is 2. The summed E-state index contributed by atoms with van der Waals surface area (Å²) in [6.07, 6.45) is 5.17. The van der Waals surface area contributed by atoms with Gasteiger partial charge in [0.05, 0.1) is 0 Å². The predicted octanol–water partition coefficient (Wildman–Crippen LogP) is 4.51. The molecular formula is C23H23FN4O2S. The van der Waals surface area contributed by atoms with E-state index in [0.717, 1.165) is 37.2 Å². The second kappa shape index (κ2) is 9.78. The molecule has 0 bridgehead atoms. The minimum Gasteiger partial charge on any atom is -0.351 e. The lowest BCUT2D eigenvalue weighted by atomic mass is 9.94. The summed E-state index contributed by atoms with van der Waals surface area (Å²) in [4.78, 5) is 28.4. The lowest BCUT2D eigenvalue weighted by Crippen LogP contribution is -2.47. The Balaban J connectivity index is 1.76. The quantitative estimate of drug-likeness (QED) is 0.614. The molecule has 1 aliphatic carbocycles. The molecule has 0 spiro atoms. The Morgan fingerprint density at radius 2 is 1.74 bits per heavy atom. The highest BCUT2D eigenvalue weighted by Gasteiger charge is 2.35. The van der Waals surface area contributed by atoms with Crippen LogP contribution < -0.4 is 10.2 Å². The molecule has 2 aromatic carbocycles. The Labute approximate surface area is 184 Å². The number of nitrogens with zero attached hydrogens (tertiary/aromatic N) is 3. The number of hydrogen-bond acceptors (Lipinski definition) is 5. The summed E-state index contributed by atoms with van der Waals surface area (Å²) in [7, 11) is 0. The van der Waals surface area contributed by atoms with E-state index in [2.05, 4.69) is 14.9 Å². The van der Waals surface area contributed by atoms with Crippen molar-refractivity contribution in [2.24, 2.45) is 0 Å². The first-order chi connectivity index (χ1) is 15.1. The van der Waals surface area contributed by atoms with Crippen LogP contribution in [0.3, 0.4) is 0 Å². The van der Waals surface area contributed by atoms with Gasteiger partial charge in [-0.25, -0.2) is 4.39 Å². The van der Waals surface area contributed by atoms with E-state index in [1.807, 2.05) is 30.3 Å². The van der Waals surface area contributed by atoms with E-state index in [-0.39, 0.29) is 17.6 Å². The maximum absolute atomic E-state index is 13.6. The first-order valence-corrected chi connectivity index (χ1v) is 11.2. The molecule has 0 saturated heterocycles. The number of rotatable bonds is 6. The fourth-order valence-corrected chi connectivity index (χ4v) is 4.38. The van der Waals surface area contributed by atoms with E-state index in [0.29, 0.717) is 11.3 Å². The van der Waals surface area contributed by atoms with Crippen molar-refractivity contribution < 1.29 is 14.0 Å². The molecule has 1 N–H and O–H groups in total. The third kappa shape index (κ3) is 4.96. The van der Waals surface area contributed by atoms with Crippen molar-refractivity contribution in [1.82, 2.24) is 14.9 Å². The third-order valence-electron chi connectivity index (χ3n) is 5.48. The summed E-state index contributed by atoms with van der Waals surface area (Å²) in [5.74, 6) is -1.15. The lowest BCUT2D eigenvalue weighted by Gasteiger charge is -2.33. The van der Waals surface area contributed by atoms with Crippen molar-refractivity contribution in [3.8, 4) is 0 Å². The summed E-state index contributed by atoms with van der Waals surface area (Å²) in [5.41, 5.74) is 1.21. The van der Waals surface area contributed by atoms with Gasteiger partial charge in [-0.15, -0.1) is 5.10 Å². The number of nitrogens with one attached hydrogen (secondary N) is 1. The van der Waals surface area contributed by atoms with Crippen LogP contribution in [0.4, 0.5) is 10.1 Å². The van der Waals surface area contributed by atoms with E-state index in [1.165, 1.54) is 35.6 Å². The summed E-state index contributed by atoms with van der Waals surface area (Å²) in [6, 6.07) is 13.8. The van der Waals surface area contributed by atoms with Gasteiger partial charge in [-0.2, -0.15) is 0 Å². The molecule has 0 unspecified atom stereocenters. The molecule has 1 fully saturated rings. The largest absolute Gasteiger partial charge is 0.351 e. The van der Waals surface area contributed by atoms with Crippen molar-refractivity contribution >= 4 is 29.0 Å². The molecule has 1 aliphatic rings. The van der Waals surface area contributed by atoms with Gasteiger partial charge in [0, 0.05) is 17.1 Å². The van der Waals surface area contributed by atoms with Gasteiger partial charge in [-0.05, 0) is 54.2 Å². The zero-order valence-electron chi connectivity index (χ0n) is 16.9. The van der Waals surface area contributed by atoms with Crippen LogP contribution in [0, 0.1) is 5.82 Å². The van der Waals surface area contributed by atoms with Crippen molar-refractivity contribution in [3.05, 3.63) is 77.1 Å². The van der Waals surface area contributed by atoms with Gasteiger partial charge in [0.25, 0.3) is 5.91 Å². The Hall–Kier alpha value is -3.13. The number of halogens is 1. The van der Waals surface area contributed by atoms with E-state index in [9.17, 15) is 14.0 Å². The zero-order valence-corrected chi connectivity index (χ0v) is 17.7. The van der Waals surface area contributed by atoms with E-state index in [1.54, 1.807) is 5.38 Å². The molecule has 2 amide bonds. The second-order valence-corrected chi connectivity index (χ2v) is 8.21. The van der Waals surface area contributed by atoms with E-state index in [4.69, 9.17) is 0 Å². The average Bonchev–Trinajstić information content (AvgIpc) is 3.34. The summed E-state index contributed by atoms with van der Waals surface area (Å²) >= 11 is 1.06. The summed E-state index contributed by atoms with van der Waals surface area (Å²) in [6.45, 7) is 0. The van der Waals surface area contributed by atoms with Crippen LogP contribution in [0.15, 0.2) is 60.0 Å². The fourth-order valence-electron chi connectivity index (χ4n) is 3.95. The van der Waals surface area contributed by atoms with Gasteiger partial charge in [-0.3, -0.25) is 14.5 Å². The normalized spacial score (nSPS) is 15.3. The molecule has 6 nitrogen and oxygen atoms in total. The Morgan fingerprint density at radius 1 is 1.03 bits per heavy atom. The third-order valence-corrected chi connectivity index (χ3v) is 5.98. The summed E-state index contributed by atoms with van der Waals surface area (Å²) < 4.78 is 17.4. The molecule has 1 heterocycles. The minimum absolute atomic E-state index is 0.0820. The van der Waals surface area contributed by atoms with Gasteiger partial charge in [0.1, 0.15) is 11.9 Å². The van der Waals surface area contributed by atoms with Crippen molar-refractivity contribution in [2.75, 3.05) is 4.90 Å². The van der Waals surface area contributed by atoms with Crippen LogP contribution in [0.1, 0.15) is 54.2 Å². The molecule has 1 atom stereocenters. The molecular weight excluding hydrogens is 415 g/mol. The number of hydrogen-bond donors (Lipinski definition) is 1. The van der Waals surface area contributed by atoms with Crippen LogP contribution in [-0.4, -0.2) is 27.4 Å². The van der Waals surface area contributed by atoms with Crippen LogP contribution in [0.2, 0.25) is 0 Å². The Morgan fingerprint density at radius 3 is 2.39 bits per heavy atom. The highest BCUT2D eigenvalue weighted by Crippen LogP contribution is 2.30. The summed E-state index contributed by atoms with van der Waals surface area (Å²) in [5, 5.41) is 8.58. The smallest absolute Gasteiger partial charge is 0.280 e. The van der Waals surface area contributed by atoms with E-state index >= 15 is 0 Å². The molecule has 1 saturated carbocycles. The standard InChI is InChI=1S/C23H23FN4O2S/c24-17-11-13-19(14-12-17)28(23(30)20-15-31-27-26-20)21(16-7-3-1-4-8-16)22(29)25-18-9-5-2-6-10-18/h1,3-4,7-8,11-15,18,21H,2,5-6,9-10H2,(H,25,29)/t21-/m1/s1. The van der Waals surface area contributed by atoms with Crippen LogP contribution in [-0.2, 0) is 4.79 Å². The molecule has 3 aromatic rings. The number of benzene rings is 2. The van der Waals surface area contributed by atoms with Crippen LogP contribution in [0.25, 0.3) is 0 Å². The molecule has 0 radical (unpaired) electrons. The molecule has 1 aromatic heterocycles. The molecule has 0 aliphatic heterocycles. The molecule has 160 valence electrons. The van der Waals surface area contributed by atoms with Crippen molar-refractivity contribution in [3.63, 3.8) is 0 Å². The molecule has 8 heteroatoms. The Bertz CT molecular complexity index is 1010. The van der Waals surface area contributed by atoms with Gasteiger partial charge >= 0.3 is 0 Å². The lowest BCUT2D eigenvalue weighted by molar-refractivity contribution is -0.123. The maximum Gasteiger partial charge on any atom is 0.280 e. The highest BCUT2D eigenvalue weighted by molar-refractivity contribution is 7.03. The number of aromatic nitrogens is 2. The zero-order chi connectivity index (χ0) is 21.6. The highest BCUT2D eigenvalue weighted by atomic mass is 32.1. The van der Waals surface area contributed by atoms with Crippen molar-refractivity contribution in [1.29, 1.82) is 0 Å². The topological polar surface area (TPSA) is 75.2 Å². The van der Waals surface area contributed by atoms with Crippen LogP contribution in [0.5, 0.6) is 0 Å². The van der Waals surface area contributed by atoms with Crippen LogP contribution >= 0.6 is 11.5 Å². The maximum atomic E-state index is 13.6. The van der Waals surface area contributed by atoms with Crippen molar-refractivity contribution in [2.45, 2.75) is 44.2 Å². The monoisotopic (exact) mass is 438 g/mol. The van der Waals surface area contributed by atoms with E-state index < -0.39 is 17.8 Å². The number of anilines is 1. The SMILES string of the molecule is O=C(NC1CCCCC1)[C@@H](c1ccccc1)N(C(=O)c1csnn1)c1ccc(F)cc1. The predicted molar refractivity (Wildman–Crippen MR) is 117 cm³/mol. The molecule has 4 rings (SSSR count). The van der Waals surface area contributed by atoms with Gasteiger partial charge in [0.15, 0.2) is 5.69 Å². The Kier molecular flexibility index (Phi) is 6.66. The first kappa shape index (κ1) is 21.1. The van der Waals surface area contributed by atoms with Gasteiger partial charge in [-0.1, -0.05) is 54.1 Å². The number of amides is 2. The fraction of sp³-hybridized carbons (Fsp3) is 0.304.